The third kappa shape index (κ3) is 7.87. The zero-order valence-corrected chi connectivity index (χ0v) is 29.2. The molecule has 2 saturated heterocycles. The van der Waals surface area contributed by atoms with E-state index in [0.29, 0.717) is 41.3 Å². The van der Waals surface area contributed by atoms with Crippen LogP contribution >= 0.6 is 0 Å². The van der Waals surface area contributed by atoms with Gasteiger partial charge in [0.05, 0.1) is 24.7 Å². The van der Waals surface area contributed by atoms with Crippen LogP contribution in [-0.4, -0.2) is 106 Å². The fourth-order valence-electron chi connectivity index (χ4n) is 9.45. The van der Waals surface area contributed by atoms with Gasteiger partial charge in [-0.2, -0.15) is 0 Å². The number of nitrogens with two attached hydrogens (primary N) is 1. The van der Waals surface area contributed by atoms with Crippen molar-refractivity contribution >= 4 is 11.9 Å². The van der Waals surface area contributed by atoms with Crippen LogP contribution in [0.15, 0.2) is 4.99 Å². The second-order valence-electron chi connectivity index (χ2n) is 16.9. The number of nitrogens with zero attached hydrogens (tertiary/aromatic N) is 5. The van der Waals surface area contributed by atoms with Crippen LogP contribution in [0.4, 0.5) is 0 Å². The molecule has 0 radical (unpaired) electrons. The minimum absolute atomic E-state index is 0.0125. The van der Waals surface area contributed by atoms with Gasteiger partial charge in [0, 0.05) is 38.3 Å². The quantitative estimate of drug-likeness (QED) is 0.281. The lowest BCUT2D eigenvalue weighted by Gasteiger charge is -2.40. The van der Waals surface area contributed by atoms with Crippen molar-refractivity contribution in [1.29, 1.82) is 5.41 Å². The normalized spacial score (nSPS) is 32.6. The summed E-state index contributed by atoms with van der Waals surface area (Å²) in [5.41, 5.74) is 6.81. The summed E-state index contributed by atoms with van der Waals surface area (Å²) in [6.07, 6.45) is 15.0. The highest BCUT2D eigenvalue weighted by atomic mass is 16.3. The minimum atomic E-state index is -0.438. The molecule has 5 rings (SSSR count). The van der Waals surface area contributed by atoms with Crippen molar-refractivity contribution in [2.45, 2.75) is 149 Å². The maximum Gasteiger partial charge on any atom is 0.194 e. The van der Waals surface area contributed by atoms with E-state index in [-0.39, 0.29) is 6.04 Å². The molecule has 8 heteroatoms. The summed E-state index contributed by atoms with van der Waals surface area (Å²) >= 11 is 0. The molecule has 44 heavy (non-hydrogen) atoms. The van der Waals surface area contributed by atoms with Crippen molar-refractivity contribution in [3.05, 3.63) is 0 Å². The fourth-order valence-corrected chi connectivity index (χ4v) is 9.45. The molecule has 2 aliphatic carbocycles. The van der Waals surface area contributed by atoms with Gasteiger partial charge in [-0.3, -0.25) is 15.3 Å². The molecule has 4 N–H and O–H groups in total. The summed E-state index contributed by atoms with van der Waals surface area (Å²) in [4.78, 5) is 14.5. The Morgan fingerprint density at radius 2 is 1.59 bits per heavy atom. The molecule has 3 heterocycles. The average molecular weight is 614 g/mol. The number of likely N-dealkylation sites (tertiary alicyclic amines) is 1. The Bertz CT molecular complexity index is 962. The van der Waals surface area contributed by atoms with Crippen molar-refractivity contribution in [3.63, 3.8) is 0 Å². The smallest absolute Gasteiger partial charge is 0.194 e. The van der Waals surface area contributed by atoms with E-state index in [1.54, 1.807) is 0 Å². The monoisotopic (exact) mass is 614 g/mol. The zero-order valence-electron chi connectivity index (χ0n) is 29.2. The van der Waals surface area contributed by atoms with Crippen molar-refractivity contribution in [1.82, 2.24) is 19.6 Å². The molecule has 8 nitrogen and oxygen atoms in total. The van der Waals surface area contributed by atoms with Crippen LogP contribution in [0.25, 0.3) is 0 Å². The van der Waals surface area contributed by atoms with Crippen LogP contribution in [-0.2, 0) is 0 Å². The Morgan fingerprint density at radius 1 is 0.886 bits per heavy atom. The Morgan fingerprint density at radius 3 is 2.23 bits per heavy atom. The van der Waals surface area contributed by atoms with Gasteiger partial charge in [0.25, 0.3) is 0 Å². The first kappa shape index (κ1) is 33.8. The van der Waals surface area contributed by atoms with Gasteiger partial charge in [-0.15, -0.1) is 0 Å². The predicted octanol–water partition coefficient (Wildman–Crippen LogP) is 5.60. The molecule has 3 aliphatic heterocycles. The highest BCUT2D eigenvalue weighted by Crippen LogP contribution is 2.41. The first-order chi connectivity index (χ1) is 20.9. The van der Waals surface area contributed by atoms with Gasteiger partial charge in [0.15, 0.2) is 11.9 Å². The molecule has 4 fully saturated rings. The third-order valence-electron chi connectivity index (χ3n) is 12.4. The molecule has 0 aromatic heterocycles. The van der Waals surface area contributed by atoms with Gasteiger partial charge >= 0.3 is 0 Å². The summed E-state index contributed by atoms with van der Waals surface area (Å²) in [7, 11) is 0. The summed E-state index contributed by atoms with van der Waals surface area (Å²) in [6.45, 7) is 19.3. The number of hydrogen-bond donors (Lipinski definition) is 3. The lowest BCUT2D eigenvalue weighted by atomic mass is 9.70. The van der Waals surface area contributed by atoms with Gasteiger partial charge in [0.1, 0.15) is 0 Å². The van der Waals surface area contributed by atoms with Crippen molar-refractivity contribution in [2.24, 2.45) is 39.8 Å². The van der Waals surface area contributed by atoms with E-state index < -0.39 is 6.10 Å². The molecule has 0 bridgehead atoms. The standard InChI is InChI=1S/C36H67N7O/c1-25(2)32-20-39-34(37)42(32)23-30-13-10-18-40(30)22-31(19-27-11-8-7-9-12-27)41-24-33(26(3)44)43(35(41)38)21-28-14-16-29(17-15-28)36(4,5)6/h25-33,38,44H,7-24H2,1-6H3,(H2,37,39)/t26-,28?,29?,30-,31+,32?,33-/m0/s1. The van der Waals surface area contributed by atoms with E-state index in [1.807, 2.05) is 6.92 Å². The number of aliphatic imine (C=N–C) groups is 1. The van der Waals surface area contributed by atoms with Gasteiger partial charge in [-0.25, -0.2) is 0 Å². The Kier molecular flexibility index (Phi) is 11.1. The van der Waals surface area contributed by atoms with Crippen LogP contribution in [0.5, 0.6) is 0 Å². The molecule has 252 valence electrons. The zero-order chi connectivity index (χ0) is 31.6. The highest BCUT2D eigenvalue weighted by molar-refractivity contribution is 5.80. The Hall–Kier alpha value is -1.54. The number of hydrogen-bond acceptors (Lipinski definition) is 6. The third-order valence-corrected chi connectivity index (χ3v) is 12.4. The minimum Gasteiger partial charge on any atom is -0.391 e. The molecule has 0 aromatic rings. The molecular weight excluding hydrogens is 546 g/mol. The largest absolute Gasteiger partial charge is 0.391 e. The molecule has 5 atom stereocenters. The number of nitrogens with one attached hydrogen (secondary N) is 1. The second-order valence-corrected chi connectivity index (χ2v) is 16.9. The highest BCUT2D eigenvalue weighted by Gasteiger charge is 2.44. The van der Waals surface area contributed by atoms with Gasteiger partial charge in [-0.05, 0) is 87.5 Å². The topological polar surface area (TPSA) is 95.4 Å². The Balaban J connectivity index is 1.29. The second kappa shape index (κ2) is 14.5. The number of guanidine groups is 2. The number of aliphatic hydroxyl groups is 1. The molecule has 0 aromatic carbocycles. The number of aliphatic hydroxyl groups excluding tert-OH is 1. The SMILES string of the molecule is CC(C)C1CN=C(N)N1C[C@@H]1CCCN1C[C@@H](CC1CCCCC1)N1C[C@@H]([C@H](C)O)N(CC2CCC(C(C)(C)C)CC2)C1=N. The maximum atomic E-state index is 11.0. The van der Waals surface area contributed by atoms with E-state index in [4.69, 9.17) is 5.73 Å². The summed E-state index contributed by atoms with van der Waals surface area (Å²) in [5.74, 6) is 4.11. The van der Waals surface area contributed by atoms with Crippen LogP contribution in [0.1, 0.15) is 119 Å². The van der Waals surface area contributed by atoms with Gasteiger partial charge < -0.3 is 25.5 Å². The molecule has 0 spiro atoms. The average Bonchev–Trinajstić information content (AvgIpc) is 3.67. The van der Waals surface area contributed by atoms with Crippen LogP contribution < -0.4 is 5.73 Å². The van der Waals surface area contributed by atoms with Crippen molar-refractivity contribution < 1.29 is 5.11 Å². The first-order valence-electron chi connectivity index (χ1n) is 18.5. The molecule has 2 saturated carbocycles. The summed E-state index contributed by atoms with van der Waals surface area (Å²) in [6, 6.07) is 1.22. The van der Waals surface area contributed by atoms with E-state index in [2.05, 4.69) is 59.2 Å². The predicted molar refractivity (Wildman–Crippen MR) is 183 cm³/mol. The maximum absolute atomic E-state index is 11.0. The van der Waals surface area contributed by atoms with Gasteiger partial charge in [0.2, 0.25) is 0 Å². The molecule has 5 aliphatic rings. The van der Waals surface area contributed by atoms with E-state index in [1.165, 1.54) is 77.0 Å². The van der Waals surface area contributed by atoms with Crippen LogP contribution in [0.3, 0.4) is 0 Å². The van der Waals surface area contributed by atoms with E-state index >= 15 is 0 Å². The van der Waals surface area contributed by atoms with Crippen LogP contribution in [0, 0.1) is 34.5 Å². The fraction of sp³-hybridized carbons (Fsp3) is 0.944. The van der Waals surface area contributed by atoms with Crippen molar-refractivity contribution in [2.75, 3.05) is 39.3 Å². The van der Waals surface area contributed by atoms with E-state index in [9.17, 15) is 10.5 Å². The molecule has 1 unspecified atom stereocenters. The summed E-state index contributed by atoms with van der Waals surface area (Å²) in [5, 5.41) is 20.6. The lowest BCUT2D eigenvalue weighted by Crippen LogP contribution is -2.53. The Labute approximate surface area is 269 Å². The first-order valence-corrected chi connectivity index (χ1v) is 18.5. The van der Waals surface area contributed by atoms with Gasteiger partial charge in [-0.1, -0.05) is 66.7 Å². The number of rotatable bonds is 11. The summed E-state index contributed by atoms with van der Waals surface area (Å²) < 4.78 is 0. The molecular formula is C36H67N7O. The lowest BCUT2D eigenvalue weighted by molar-refractivity contribution is 0.0853. The van der Waals surface area contributed by atoms with Crippen LogP contribution in [0.2, 0.25) is 0 Å². The van der Waals surface area contributed by atoms with E-state index in [0.717, 1.165) is 57.1 Å². The molecule has 0 amide bonds. The van der Waals surface area contributed by atoms with Crippen molar-refractivity contribution in [3.8, 4) is 0 Å².